The summed E-state index contributed by atoms with van der Waals surface area (Å²) in [4.78, 5) is 9.16. The lowest BCUT2D eigenvalue weighted by atomic mass is 10.0. The van der Waals surface area contributed by atoms with Gasteiger partial charge in [0.25, 0.3) is 0 Å². The molecule has 0 unspecified atom stereocenters. The van der Waals surface area contributed by atoms with E-state index in [0.29, 0.717) is 0 Å². The van der Waals surface area contributed by atoms with Crippen LogP contribution in [-0.2, 0) is 6.42 Å². The SMILES string of the molecule is CCNc1nc(C)nc(Nc2c(C)cc(C)cc2C)c1CC. The van der Waals surface area contributed by atoms with Gasteiger partial charge in [-0.25, -0.2) is 9.97 Å². The first-order chi connectivity index (χ1) is 10.5. The minimum atomic E-state index is 0.776. The van der Waals surface area contributed by atoms with Gasteiger partial charge in [-0.05, 0) is 52.2 Å². The molecule has 118 valence electrons. The van der Waals surface area contributed by atoms with Gasteiger partial charge >= 0.3 is 0 Å². The van der Waals surface area contributed by atoms with Crippen molar-refractivity contribution in [3.05, 3.63) is 40.2 Å². The van der Waals surface area contributed by atoms with E-state index in [-0.39, 0.29) is 0 Å². The summed E-state index contributed by atoms with van der Waals surface area (Å²) in [6, 6.07) is 4.39. The highest BCUT2D eigenvalue weighted by molar-refractivity contribution is 5.70. The minimum absolute atomic E-state index is 0.776. The molecule has 0 saturated heterocycles. The molecular formula is C18H26N4. The summed E-state index contributed by atoms with van der Waals surface area (Å²) in [5.74, 6) is 2.61. The Bertz CT molecular complexity index is 654. The zero-order chi connectivity index (χ0) is 16.3. The topological polar surface area (TPSA) is 49.8 Å². The van der Waals surface area contributed by atoms with E-state index in [1.165, 1.54) is 16.7 Å². The number of aromatic nitrogens is 2. The van der Waals surface area contributed by atoms with E-state index in [0.717, 1.165) is 41.7 Å². The van der Waals surface area contributed by atoms with Crippen molar-refractivity contribution in [1.82, 2.24) is 9.97 Å². The Morgan fingerprint density at radius 1 is 0.909 bits per heavy atom. The molecule has 2 N–H and O–H groups in total. The van der Waals surface area contributed by atoms with Crippen molar-refractivity contribution in [3.63, 3.8) is 0 Å². The highest BCUT2D eigenvalue weighted by Crippen LogP contribution is 2.29. The summed E-state index contributed by atoms with van der Waals surface area (Å²) in [5.41, 5.74) is 6.03. The molecule has 0 saturated carbocycles. The summed E-state index contributed by atoms with van der Waals surface area (Å²) in [6.45, 7) is 13.4. The molecule has 0 aliphatic rings. The third-order valence-electron chi connectivity index (χ3n) is 3.74. The lowest BCUT2D eigenvalue weighted by Gasteiger charge is -2.18. The number of aryl methyl sites for hydroxylation is 4. The quantitative estimate of drug-likeness (QED) is 0.856. The Morgan fingerprint density at radius 3 is 2.05 bits per heavy atom. The minimum Gasteiger partial charge on any atom is -0.370 e. The summed E-state index contributed by atoms with van der Waals surface area (Å²) in [7, 11) is 0. The fourth-order valence-electron chi connectivity index (χ4n) is 2.84. The Balaban J connectivity index is 2.49. The molecule has 1 aromatic heterocycles. The second-order valence-electron chi connectivity index (χ2n) is 5.73. The van der Waals surface area contributed by atoms with Crippen molar-refractivity contribution in [2.45, 2.75) is 48.0 Å². The van der Waals surface area contributed by atoms with Crippen molar-refractivity contribution in [1.29, 1.82) is 0 Å². The standard InChI is InChI=1S/C18H26N4/c1-7-15-17(19-8-2)20-14(6)21-18(15)22-16-12(4)9-11(3)10-13(16)5/h9-10H,7-8H2,1-6H3,(H2,19,20,21,22). The third-order valence-corrected chi connectivity index (χ3v) is 3.74. The second-order valence-corrected chi connectivity index (χ2v) is 5.73. The van der Waals surface area contributed by atoms with Crippen LogP contribution in [0.15, 0.2) is 12.1 Å². The summed E-state index contributed by atoms with van der Waals surface area (Å²) >= 11 is 0. The van der Waals surface area contributed by atoms with Crippen molar-refractivity contribution in [2.75, 3.05) is 17.2 Å². The van der Waals surface area contributed by atoms with Gasteiger partial charge in [-0.3, -0.25) is 0 Å². The summed E-state index contributed by atoms with van der Waals surface area (Å²) < 4.78 is 0. The van der Waals surface area contributed by atoms with E-state index < -0.39 is 0 Å². The highest BCUT2D eigenvalue weighted by atomic mass is 15.1. The van der Waals surface area contributed by atoms with E-state index >= 15 is 0 Å². The van der Waals surface area contributed by atoms with Crippen LogP contribution in [0.4, 0.5) is 17.3 Å². The maximum absolute atomic E-state index is 4.62. The molecule has 0 aliphatic heterocycles. The number of hydrogen-bond donors (Lipinski definition) is 2. The van der Waals surface area contributed by atoms with Gasteiger partial charge in [-0.2, -0.15) is 0 Å². The number of benzene rings is 1. The molecule has 1 heterocycles. The van der Waals surface area contributed by atoms with Crippen LogP contribution in [0.3, 0.4) is 0 Å². The number of rotatable bonds is 5. The van der Waals surface area contributed by atoms with Gasteiger partial charge in [0.2, 0.25) is 0 Å². The van der Waals surface area contributed by atoms with E-state index in [1.54, 1.807) is 0 Å². The van der Waals surface area contributed by atoms with Crippen LogP contribution >= 0.6 is 0 Å². The van der Waals surface area contributed by atoms with Crippen LogP contribution in [0.1, 0.15) is 41.9 Å². The molecule has 0 fully saturated rings. The van der Waals surface area contributed by atoms with Gasteiger partial charge in [0.1, 0.15) is 17.5 Å². The summed E-state index contributed by atoms with van der Waals surface area (Å²) in [6.07, 6.45) is 0.884. The average Bonchev–Trinajstić information content (AvgIpc) is 2.43. The first kappa shape index (κ1) is 16.3. The highest BCUT2D eigenvalue weighted by Gasteiger charge is 2.13. The van der Waals surface area contributed by atoms with Crippen molar-refractivity contribution in [2.24, 2.45) is 0 Å². The van der Waals surface area contributed by atoms with Crippen LogP contribution in [0, 0.1) is 27.7 Å². The molecule has 4 heteroatoms. The molecule has 0 bridgehead atoms. The average molecular weight is 298 g/mol. The zero-order valence-electron chi connectivity index (χ0n) is 14.5. The number of hydrogen-bond acceptors (Lipinski definition) is 4. The van der Waals surface area contributed by atoms with Gasteiger partial charge in [-0.15, -0.1) is 0 Å². The molecule has 0 amide bonds. The fraction of sp³-hybridized carbons (Fsp3) is 0.444. The van der Waals surface area contributed by atoms with Crippen LogP contribution in [-0.4, -0.2) is 16.5 Å². The van der Waals surface area contributed by atoms with E-state index in [1.807, 2.05) is 6.92 Å². The summed E-state index contributed by atoms with van der Waals surface area (Å²) in [5, 5.41) is 6.88. The Hall–Kier alpha value is -2.10. The van der Waals surface area contributed by atoms with Gasteiger partial charge < -0.3 is 10.6 Å². The second kappa shape index (κ2) is 6.77. The smallest absolute Gasteiger partial charge is 0.139 e. The molecule has 0 spiro atoms. The fourth-order valence-corrected chi connectivity index (χ4v) is 2.84. The third kappa shape index (κ3) is 3.38. The maximum Gasteiger partial charge on any atom is 0.139 e. The van der Waals surface area contributed by atoms with Gasteiger partial charge in [0, 0.05) is 17.8 Å². The molecule has 2 aromatic rings. The molecular weight excluding hydrogens is 272 g/mol. The number of anilines is 3. The van der Waals surface area contributed by atoms with Crippen LogP contribution < -0.4 is 10.6 Å². The van der Waals surface area contributed by atoms with Gasteiger partial charge in [-0.1, -0.05) is 24.6 Å². The molecule has 22 heavy (non-hydrogen) atoms. The lowest BCUT2D eigenvalue weighted by molar-refractivity contribution is 0.982. The van der Waals surface area contributed by atoms with Gasteiger partial charge in [0.05, 0.1) is 0 Å². The first-order valence-corrected chi connectivity index (χ1v) is 7.92. The molecule has 0 radical (unpaired) electrons. The van der Waals surface area contributed by atoms with Crippen molar-refractivity contribution in [3.8, 4) is 0 Å². The van der Waals surface area contributed by atoms with Crippen LogP contribution in [0.2, 0.25) is 0 Å². The normalized spacial score (nSPS) is 10.6. The number of nitrogens with one attached hydrogen (secondary N) is 2. The Kier molecular flexibility index (Phi) is 5.01. The molecule has 0 aliphatic carbocycles. The zero-order valence-corrected chi connectivity index (χ0v) is 14.5. The van der Waals surface area contributed by atoms with E-state index in [4.69, 9.17) is 0 Å². The monoisotopic (exact) mass is 298 g/mol. The predicted molar refractivity (Wildman–Crippen MR) is 94.2 cm³/mol. The predicted octanol–water partition coefficient (Wildman–Crippen LogP) is 4.45. The number of nitrogens with zero attached hydrogens (tertiary/aromatic N) is 2. The van der Waals surface area contributed by atoms with Crippen molar-refractivity contribution >= 4 is 17.3 Å². The largest absolute Gasteiger partial charge is 0.370 e. The van der Waals surface area contributed by atoms with Crippen LogP contribution in [0.5, 0.6) is 0 Å². The lowest BCUT2D eigenvalue weighted by Crippen LogP contribution is -2.10. The first-order valence-electron chi connectivity index (χ1n) is 7.92. The van der Waals surface area contributed by atoms with E-state index in [9.17, 15) is 0 Å². The molecule has 4 nitrogen and oxygen atoms in total. The van der Waals surface area contributed by atoms with Crippen LogP contribution in [0.25, 0.3) is 0 Å². The van der Waals surface area contributed by atoms with Crippen molar-refractivity contribution < 1.29 is 0 Å². The molecule has 1 aromatic carbocycles. The Labute approximate surface area is 133 Å². The molecule has 2 rings (SSSR count). The maximum atomic E-state index is 4.62. The molecule has 0 atom stereocenters. The van der Waals surface area contributed by atoms with E-state index in [2.05, 4.69) is 67.4 Å². The Morgan fingerprint density at radius 2 is 1.50 bits per heavy atom. The van der Waals surface area contributed by atoms with Gasteiger partial charge in [0.15, 0.2) is 0 Å².